The normalized spacial score (nSPS) is 11.7. The third-order valence-corrected chi connectivity index (χ3v) is 6.21. The molecule has 0 unspecified atom stereocenters. The van der Waals surface area contributed by atoms with E-state index in [4.69, 9.17) is 0 Å². The first-order chi connectivity index (χ1) is 11.2. The molecule has 0 amide bonds. The van der Waals surface area contributed by atoms with Crippen LogP contribution in [0.15, 0.2) is 50.6 Å². The molecule has 0 saturated heterocycles. The molecule has 0 spiro atoms. The lowest BCUT2D eigenvalue weighted by Crippen LogP contribution is -2.16. The van der Waals surface area contributed by atoms with Crippen LogP contribution >= 0.6 is 34.0 Å². The second-order valence-corrected chi connectivity index (χ2v) is 7.67. The van der Waals surface area contributed by atoms with E-state index in [1.54, 1.807) is 28.9 Å². The molecule has 0 N–H and O–H groups in total. The molecule has 0 aliphatic rings. The molecule has 0 atom stereocenters. The van der Waals surface area contributed by atoms with Crippen molar-refractivity contribution < 1.29 is 0 Å². The maximum Gasteiger partial charge on any atom is 0.283 e. The molecule has 0 aliphatic carbocycles. The van der Waals surface area contributed by atoms with Gasteiger partial charge in [-0.3, -0.25) is 4.79 Å². The van der Waals surface area contributed by atoms with Crippen LogP contribution in [0.25, 0.3) is 20.7 Å². The second kappa shape index (κ2) is 5.84. The summed E-state index contributed by atoms with van der Waals surface area (Å²) in [6.45, 7) is 2.02. The van der Waals surface area contributed by atoms with Crippen molar-refractivity contribution in [1.82, 2.24) is 9.66 Å². The Morgan fingerprint density at radius 3 is 2.87 bits per heavy atom. The van der Waals surface area contributed by atoms with Gasteiger partial charge in [-0.1, -0.05) is 6.07 Å². The van der Waals surface area contributed by atoms with Gasteiger partial charge in [-0.25, -0.2) is 4.98 Å². The summed E-state index contributed by atoms with van der Waals surface area (Å²) in [6, 6.07) is 6.03. The van der Waals surface area contributed by atoms with Gasteiger partial charge in [0.25, 0.3) is 5.56 Å². The highest BCUT2D eigenvalue weighted by Gasteiger charge is 2.13. The summed E-state index contributed by atoms with van der Waals surface area (Å²) in [6.07, 6.45) is 3.20. The van der Waals surface area contributed by atoms with E-state index in [9.17, 15) is 4.79 Å². The van der Waals surface area contributed by atoms with Crippen molar-refractivity contribution in [2.24, 2.45) is 5.10 Å². The van der Waals surface area contributed by atoms with Crippen LogP contribution in [0, 0.1) is 6.92 Å². The third kappa shape index (κ3) is 2.56. The Balaban J connectivity index is 1.85. The van der Waals surface area contributed by atoms with E-state index >= 15 is 0 Å². The third-order valence-electron chi connectivity index (χ3n) is 3.47. The fourth-order valence-electron chi connectivity index (χ4n) is 2.25. The van der Waals surface area contributed by atoms with E-state index in [1.807, 2.05) is 41.3 Å². The molecule has 0 radical (unpaired) electrons. The maximum absolute atomic E-state index is 12.8. The molecule has 114 valence electrons. The molecule has 0 saturated carbocycles. The summed E-state index contributed by atoms with van der Waals surface area (Å²) in [5.74, 6) is 0. The summed E-state index contributed by atoms with van der Waals surface area (Å²) in [7, 11) is 0. The van der Waals surface area contributed by atoms with Crippen LogP contribution in [0.4, 0.5) is 0 Å². The minimum absolute atomic E-state index is 0.134. The van der Waals surface area contributed by atoms with Gasteiger partial charge in [0.05, 0.1) is 16.5 Å². The second-order valence-electron chi connectivity index (χ2n) is 4.91. The molecule has 4 heterocycles. The van der Waals surface area contributed by atoms with Crippen LogP contribution in [0.3, 0.4) is 0 Å². The topological polar surface area (TPSA) is 47.2 Å². The highest BCUT2D eigenvalue weighted by molar-refractivity contribution is 7.18. The first-order valence-electron chi connectivity index (χ1n) is 6.85. The molecule has 4 rings (SSSR count). The molecule has 0 bridgehead atoms. The summed E-state index contributed by atoms with van der Waals surface area (Å²) in [5, 5.41) is 10.9. The van der Waals surface area contributed by atoms with E-state index in [2.05, 4.69) is 10.1 Å². The Hall–Kier alpha value is -2.09. The van der Waals surface area contributed by atoms with Crippen LogP contribution in [-0.4, -0.2) is 15.9 Å². The van der Waals surface area contributed by atoms with Gasteiger partial charge in [0.15, 0.2) is 0 Å². The van der Waals surface area contributed by atoms with Gasteiger partial charge in [-0.2, -0.15) is 9.78 Å². The molecule has 0 aromatic carbocycles. The van der Waals surface area contributed by atoms with Crippen LogP contribution < -0.4 is 5.56 Å². The standard InChI is InChI=1S/C16H11N3OS3/c1-10-4-6-22-13(10)7-18-19-9-17-15-14(16(19)20)11(8-23-15)12-3-2-5-21-12/h2-9H,1H3. The molecule has 23 heavy (non-hydrogen) atoms. The monoisotopic (exact) mass is 357 g/mol. The Bertz CT molecular complexity index is 1050. The van der Waals surface area contributed by atoms with Gasteiger partial charge in [0, 0.05) is 15.8 Å². The van der Waals surface area contributed by atoms with Crippen LogP contribution in [0.1, 0.15) is 10.4 Å². The fraction of sp³-hybridized carbons (Fsp3) is 0.0625. The number of thiophene rings is 3. The average molecular weight is 357 g/mol. The quantitative estimate of drug-likeness (QED) is 0.509. The number of hydrogen-bond acceptors (Lipinski definition) is 6. The lowest BCUT2D eigenvalue weighted by Gasteiger charge is -1.99. The predicted molar refractivity (Wildman–Crippen MR) is 99.2 cm³/mol. The van der Waals surface area contributed by atoms with Crippen LogP contribution in [0.5, 0.6) is 0 Å². The number of hydrogen-bond donors (Lipinski definition) is 0. The van der Waals surface area contributed by atoms with Crippen molar-refractivity contribution in [2.75, 3.05) is 0 Å². The van der Waals surface area contributed by atoms with Crippen molar-refractivity contribution >= 4 is 50.4 Å². The number of fused-ring (bicyclic) bond motifs is 1. The van der Waals surface area contributed by atoms with Gasteiger partial charge in [-0.05, 0) is 35.4 Å². The van der Waals surface area contributed by atoms with Crippen molar-refractivity contribution in [3.63, 3.8) is 0 Å². The lowest BCUT2D eigenvalue weighted by molar-refractivity contribution is 0.819. The Labute approximate surface area is 144 Å². The van der Waals surface area contributed by atoms with E-state index in [0.717, 1.165) is 25.7 Å². The number of rotatable bonds is 3. The van der Waals surface area contributed by atoms with E-state index in [-0.39, 0.29) is 5.56 Å². The van der Waals surface area contributed by atoms with E-state index < -0.39 is 0 Å². The SMILES string of the molecule is Cc1ccsc1C=Nn1cnc2scc(-c3cccs3)c2c1=O. The molecule has 4 nitrogen and oxygen atoms in total. The summed E-state index contributed by atoms with van der Waals surface area (Å²) in [5.41, 5.74) is 1.95. The van der Waals surface area contributed by atoms with E-state index in [1.165, 1.54) is 22.3 Å². The van der Waals surface area contributed by atoms with Gasteiger partial charge < -0.3 is 0 Å². The molecule has 0 fully saturated rings. The largest absolute Gasteiger partial charge is 0.283 e. The van der Waals surface area contributed by atoms with Crippen molar-refractivity contribution in [1.29, 1.82) is 0 Å². The van der Waals surface area contributed by atoms with Gasteiger partial charge in [-0.15, -0.1) is 34.0 Å². The van der Waals surface area contributed by atoms with Crippen LogP contribution in [-0.2, 0) is 0 Å². The zero-order chi connectivity index (χ0) is 15.8. The summed E-state index contributed by atoms with van der Waals surface area (Å²) < 4.78 is 1.31. The van der Waals surface area contributed by atoms with E-state index in [0.29, 0.717) is 5.39 Å². The van der Waals surface area contributed by atoms with Gasteiger partial charge >= 0.3 is 0 Å². The zero-order valence-electron chi connectivity index (χ0n) is 12.1. The molecule has 0 aliphatic heterocycles. The smallest absolute Gasteiger partial charge is 0.267 e. The maximum atomic E-state index is 12.8. The summed E-state index contributed by atoms with van der Waals surface area (Å²) in [4.78, 5) is 20.0. The molecular formula is C16H11N3OS3. The Morgan fingerprint density at radius 1 is 1.22 bits per heavy atom. The minimum atomic E-state index is -0.134. The van der Waals surface area contributed by atoms with Crippen LogP contribution in [0.2, 0.25) is 0 Å². The zero-order valence-corrected chi connectivity index (χ0v) is 14.5. The first-order valence-corrected chi connectivity index (χ1v) is 9.49. The number of aromatic nitrogens is 2. The highest BCUT2D eigenvalue weighted by Crippen LogP contribution is 2.33. The van der Waals surface area contributed by atoms with Crippen molar-refractivity contribution in [3.8, 4) is 10.4 Å². The number of aryl methyl sites for hydroxylation is 1. The molecule has 4 aromatic heterocycles. The van der Waals surface area contributed by atoms with Gasteiger partial charge in [0.2, 0.25) is 0 Å². The number of nitrogens with zero attached hydrogens (tertiary/aromatic N) is 3. The minimum Gasteiger partial charge on any atom is -0.267 e. The molecule has 4 aromatic rings. The predicted octanol–water partition coefficient (Wildman–Crippen LogP) is 4.44. The van der Waals surface area contributed by atoms with Crippen molar-refractivity contribution in [2.45, 2.75) is 6.92 Å². The van der Waals surface area contributed by atoms with Gasteiger partial charge in [0.1, 0.15) is 11.2 Å². The summed E-state index contributed by atoms with van der Waals surface area (Å²) >= 11 is 4.70. The Morgan fingerprint density at radius 2 is 2.13 bits per heavy atom. The molecular weight excluding hydrogens is 346 g/mol. The molecule has 7 heteroatoms. The first kappa shape index (κ1) is 14.5. The van der Waals surface area contributed by atoms with Crippen molar-refractivity contribution in [3.05, 3.63) is 61.5 Å². The fourth-order valence-corrected chi connectivity index (χ4v) is 4.75. The average Bonchev–Trinajstić information content (AvgIpc) is 3.26. The highest BCUT2D eigenvalue weighted by atomic mass is 32.1. The Kier molecular flexibility index (Phi) is 3.68. The lowest BCUT2D eigenvalue weighted by atomic mass is 10.2.